The van der Waals surface area contributed by atoms with E-state index in [0.29, 0.717) is 6.04 Å². The molecule has 2 heteroatoms. The number of benzene rings is 1. The van der Waals surface area contributed by atoms with E-state index in [1.165, 1.54) is 49.2 Å². The summed E-state index contributed by atoms with van der Waals surface area (Å²) in [7, 11) is 0. The van der Waals surface area contributed by atoms with E-state index in [0.717, 1.165) is 6.04 Å². The maximum absolute atomic E-state index is 3.89. The zero-order valence-electron chi connectivity index (χ0n) is 10.3. The Hall–Kier alpha value is -0.470. The lowest BCUT2D eigenvalue weighted by molar-refractivity contribution is 0.347. The second kappa shape index (κ2) is 5.45. The first-order valence-electron chi connectivity index (χ1n) is 6.85. The van der Waals surface area contributed by atoms with Gasteiger partial charge in [-0.2, -0.15) is 11.8 Å². The molecule has 17 heavy (non-hydrogen) atoms. The summed E-state index contributed by atoms with van der Waals surface area (Å²) in [5.41, 5.74) is 3.09. The number of hydrogen-bond donors (Lipinski definition) is 1. The lowest BCUT2D eigenvalue weighted by Gasteiger charge is -2.32. The summed E-state index contributed by atoms with van der Waals surface area (Å²) in [4.78, 5) is 0. The van der Waals surface area contributed by atoms with E-state index in [4.69, 9.17) is 0 Å². The third-order valence-corrected chi connectivity index (χ3v) is 5.10. The predicted molar refractivity (Wildman–Crippen MR) is 75.4 cm³/mol. The largest absolute Gasteiger partial charge is 0.306 e. The first-order chi connectivity index (χ1) is 8.43. The maximum Gasteiger partial charge on any atom is 0.0417 e. The van der Waals surface area contributed by atoms with E-state index in [-0.39, 0.29) is 0 Å². The van der Waals surface area contributed by atoms with E-state index in [1.807, 2.05) is 0 Å². The van der Waals surface area contributed by atoms with Crippen LogP contribution in [0.1, 0.15) is 49.3 Å². The quantitative estimate of drug-likeness (QED) is 0.850. The molecule has 0 spiro atoms. The molecule has 2 aliphatic rings. The second-order valence-corrected chi connectivity index (χ2v) is 6.30. The SMILES string of the molecule is c1ccc2c(c1)CSCC2NC1CCCCC1. The molecule has 1 aromatic carbocycles. The third kappa shape index (κ3) is 2.69. The lowest BCUT2D eigenvalue weighted by Crippen LogP contribution is -2.36. The molecule has 1 heterocycles. The van der Waals surface area contributed by atoms with E-state index < -0.39 is 0 Å². The minimum absolute atomic E-state index is 0.591. The molecule has 1 N–H and O–H groups in total. The van der Waals surface area contributed by atoms with Crippen LogP contribution < -0.4 is 5.32 Å². The Morgan fingerprint density at radius 2 is 1.88 bits per heavy atom. The van der Waals surface area contributed by atoms with Crippen LogP contribution in [0, 0.1) is 0 Å². The fraction of sp³-hybridized carbons (Fsp3) is 0.600. The van der Waals surface area contributed by atoms with Crippen LogP contribution >= 0.6 is 11.8 Å². The molecule has 92 valence electrons. The topological polar surface area (TPSA) is 12.0 Å². The molecule has 1 fully saturated rings. The van der Waals surface area contributed by atoms with Gasteiger partial charge in [-0.15, -0.1) is 0 Å². The molecule has 1 aliphatic heterocycles. The Labute approximate surface area is 108 Å². The molecule has 3 rings (SSSR count). The van der Waals surface area contributed by atoms with Gasteiger partial charge in [-0.1, -0.05) is 43.5 Å². The monoisotopic (exact) mass is 247 g/mol. The highest BCUT2D eigenvalue weighted by atomic mass is 32.2. The van der Waals surface area contributed by atoms with Crippen LogP contribution in [0.25, 0.3) is 0 Å². The maximum atomic E-state index is 3.89. The molecular weight excluding hydrogens is 226 g/mol. The van der Waals surface area contributed by atoms with Gasteiger partial charge in [0.15, 0.2) is 0 Å². The van der Waals surface area contributed by atoms with E-state index >= 15 is 0 Å². The zero-order chi connectivity index (χ0) is 11.5. The fourth-order valence-corrected chi connectivity index (χ4v) is 4.19. The number of nitrogens with one attached hydrogen (secondary N) is 1. The van der Waals surface area contributed by atoms with Gasteiger partial charge in [0.1, 0.15) is 0 Å². The van der Waals surface area contributed by atoms with Crippen molar-refractivity contribution < 1.29 is 0 Å². The molecular formula is C15H21NS. The molecule has 1 aromatic rings. The number of hydrogen-bond acceptors (Lipinski definition) is 2. The normalized spacial score (nSPS) is 25.5. The lowest BCUT2D eigenvalue weighted by atomic mass is 9.93. The molecule has 1 nitrogen and oxygen atoms in total. The molecule has 0 aromatic heterocycles. The van der Waals surface area contributed by atoms with Crippen molar-refractivity contribution in [3.05, 3.63) is 35.4 Å². The Kier molecular flexibility index (Phi) is 3.72. The van der Waals surface area contributed by atoms with Crippen molar-refractivity contribution in [2.45, 2.75) is 49.9 Å². The summed E-state index contributed by atoms with van der Waals surface area (Å²) in [5.74, 6) is 2.44. The minimum atomic E-state index is 0.591. The van der Waals surface area contributed by atoms with Crippen LogP contribution in [-0.2, 0) is 5.75 Å². The van der Waals surface area contributed by atoms with Crippen LogP contribution in [-0.4, -0.2) is 11.8 Å². The van der Waals surface area contributed by atoms with Gasteiger partial charge in [-0.25, -0.2) is 0 Å². The average molecular weight is 247 g/mol. The van der Waals surface area contributed by atoms with Gasteiger partial charge in [0.05, 0.1) is 0 Å². The highest BCUT2D eigenvalue weighted by Gasteiger charge is 2.23. The third-order valence-electron chi connectivity index (χ3n) is 4.01. The standard InChI is InChI=1S/C15H21NS/c1-2-7-13(8-3-1)16-15-11-17-10-12-6-4-5-9-14(12)15/h4-6,9,13,15-16H,1-3,7-8,10-11H2. The fourth-order valence-electron chi connectivity index (χ4n) is 3.07. The molecule has 0 amide bonds. The van der Waals surface area contributed by atoms with Crippen molar-refractivity contribution in [2.24, 2.45) is 0 Å². The minimum Gasteiger partial charge on any atom is -0.306 e. The second-order valence-electron chi connectivity index (χ2n) is 5.27. The summed E-state index contributed by atoms with van der Waals surface area (Å²) in [6.07, 6.45) is 7.03. The van der Waals surface area contributed by atoms with Crippen molar-refractivity contribution >= 4 is 11.8 Å². The van der Waals surface area contributed by atoms with Crippen molar-refractivity contribution in [2.75, 3.05) is 5.75 Å². The summed E-state index contributed by atoms with van der Waals surface area (Å²) < 4.78 is 0. The van der Waals surface area contributed by atoms with E-state index in [2.05, 4.69) is 41.3 Å². The van der Waals surface area contributed by atoms with Gasteiger partial charge in [0, 0.05) is 23.6 Å². The average Bonchev–Trinajstić information content (AvgIpc) is 2.40. The van der Waals surface area contributed by atoms with Crippen LogP contribution in [0.3, 0.4) is 0 Å². The van der Waals surface area contributed by atoms with Gasteiger partial charge in [-0.05, 0) is 24.0 Å². The Morgan fingerprint density at radius 3 is 2.76 bits per heavy atom. The predicted octanol–water partition coefficient (Wildman–Crippen LogP) is 3.90. The van der Waals surface area contributed by atoms with Crippen LogP contribution in [0.15, 0.2) is 24.3 Å². The Bertz CT molecular complexity index is 371. The molecule has 1 saturated carbocycles. The summed E-state index contributed by atoms with van der Waals surface area (Å²) in [6.45, 7) is 0. The summed E-state index contributed by atoms with van der Waals surface area (Å²) in [5, 5.41) is 3.89. The molecule has 0 saturated heterocycles. The Balaban J connectivity index is 1.71. The first kappa shape index (κ1) is 11.6. The van der Waals surface area contributed by atoms with Crippen LogP contribution in [0.5, 0.6) is 0 Å². The molecule has 0 radical (unpaired) electrons. The molecule has 1 unspecified atom stereocenters. The van der Waals surface area contributed by atoms with Gasteiger partial charge in [-0.3, -0.25) is 0 Å². The first-order valence-corrected chi connectivity index (χ1v) is 8.00. The van der Waals surface area contributed by atoms with Crippen molar-refractivity contribution in [3.63, 3.8) is 0 Å². The summed E-state index contributed by atoms with van der Waals surface area (Å²) >= 11 is 2.07. The molecule has 1 aliphatic carbocycles. The van der Waals surface area contributed by atoms with Gasteiger partial charge < -0.3 is 5.32 Å². The van der Waals surface area contributed by atoms with Gasteiger partial charge in [0.25, 0.3) is 0 Å². The van der Waals surface area contributed by atoms with Crippen molar-refractivity contribution in [1.82, 2.24) is 5.32 Å². The van der Waals surface area contributed by atoms with Gasteiger partial charge >= 0.3 is 0 Å². The van der Waals surface area contributed by atoms with Crippen LogP contribution in [0.2, 0.25) is 0 Å². The van der Waals surface area contributed by atoms with E-state index in [9.17, 15) is 0 Å². The van der Waals surface area contributed by atoms with Crippen LogP contribution in [0.4, 0.5) is 0 Å². The zero-order valence-corrected chi connectivity index (χ0v) is 11.1. The van der Waals surface area contributed by atoms with Gasteiger partial charge in [0.2, 0.25) is 0 Å². The number of fused-ring (bicyclic) bond motifs is 1. The highest BCUT2D eigenvalue weighted by Crippen LogP contribution is 2.32. The number of rotatable bonds is 2. The number of thioether (sulfide) groups is 1. The Morgan fingerprint density at radius 1 is 1.06 bits per heavy atom. The van der Waals surface area contributed by atoms with Crippen molar-refractivity contribution in [3.8, 4) is 0 Å². The molecule has 1 atom stereocenters. The van der Waals surface area contributed by atoms with E-state index in [1.54, 1.807) is 5.56 Å². The highest BCUT2D eigenvalue weighted by molar-refractivity contribution is 7.98. The van der Waals surface area contributed by atoms with Crippen molar-refractivity contribution in [1.29, 1.82) is 0 Å². The summed E-state index contributed by atoms with van der Waals surface area (Å²) in [6, 6.07) is 10.3. The molecule has 0 bridgehead atoms. The smallest absolute Gasteiger partial charge is 0.0417 e.